The van der Waals surface area contributed by atoms with Gasteiger partial charge in [-0.3, -0.25) is 0 Å². The van der Waals surface area contributed by atoms with Crippen molar-refractivity contribution >= 4 is 23.1 Å². The van der Waals surface area contributed by atoms with Crippen LogP contribution in [0.3, 0.4) is 0 Å². The largest absolute Gasteiger partial charge is 0.316 e. The lowest BCUT2D eigenvalue weighted by Gasteiger charge is -2.04. The van der Waals surface area contributed by atoms with Crippen molar-refractivity contribution in [2.24, 2.45) is 5.92 Å². The van der Waals surface area contributed by atoms with Gasteiger partial charge >= 0.3 is 23.1 Å². The highest BCUT2D eigenvalue weighted by atomic mass is 24.3. The van der Waals surface area contributed by atoms with Crippen LogP contribution in [0.25, 0.3) is 0 Å². The Morgan fingerprint density at radius 3 is 2.13 bits per heavy atom. The molecule has 0 fully saturated rings. The van der Waals surface area contributed by atoms with E-state index >= 15 is 0 Å². The lowest BCUT2D eigenvalue weighted by molar-refractivity contribution is 0.540. The Labute approximate surface area is 112 Å². The molecule has 0 N–H and O–H groups in total. The molecular weight excluding hydrogens is 192 g/mol. The fourth-order valence-corrected chi connectivity index (χ4v) is 1.63. The van der Waals surface area contributed by atoms with Crippen molar-refractivity contribution in [2.75, 3.05) is 0 Å². The lowest BCUT2D eigenvalue weighted by atomic mass is 10.0. The van der Waals surface area contributed by atoms with Crippen LogP contribution < -0.4 is 0 Å². The summed E-state index contributed by atoms with van der Waals surface area (Å²) in [4.78, 5) is 0. The molecule has 0 nitrogen and oxygen atoms in total. The molecule has 1 radical (unpaired) electrons. The van der Waals surface area contributed by atoms with Crippen LogP contribution in [-0.4, -0.2) is 23.1 Å². The predicted octanol–water partition coefficient (Wildman–Crippen LogP) is 4.00. The summed E-state index contributed by atoms with van der Waals surface area (Å²) in [5, 5.41) is 0. The van der Waals surface area contributed by atoms with Crippen molar-refractivity contribution in [3.05, 3.63) is 25.3 Å². The van der Waals surface area contributed by atoms with Gasteiger partial charge in [-0.25, -0.2) is 0 Å². The first-order valence-electron chi connectivity index (χ1n) is 5.96. The Hall–Kier alpha value is 0.286. The quantitative estimate of drug-likeness (QED) is 0.312. The van der Waals surface area contributed by atoms with Crippen LogP contribution in [0, 0.1) is 12.8 Å². The average molecular weight is 220 g/mol. The molecule has 1 atom stereocenters. The van der Waals surface area contributed by atoms with E-state index in [0.717, 1.165) is 6.42 Å². The Morgan fingerprint density at radius 1 is 1.07 bits per heavy atom. The molecule has 1 heteroatoms. The summed E-state index contributed by atoms with van der Waals surface area (Å²) in [6, 6.07) is 0. The lowest BCUT2D eigenvalue weighted by Crippen LogP contribution is -1.89. The number of unbranched alkanes of at least 4 members (excludes halogenated alkanes) is 6. The molecule has 0 aliphatic rings. The molecule has 85 valence electrons. The van der Waals surface area contributed by atoms with Gasteiger partial charge in [-0.15, -0.1) is 5.73 Å². The predicted molar refractivity (Wildman–Crippen MR) is 73.7 cm³/mol. The third-order valence-corrected chi connectivity index (χ3v) is 2.56. The van der Waals surface area contributed by atoms with Gasteiger partial charge in [0.15, 0.2) is 0 Å². The van der Waals surface area contributed by atoms with E-state index in [1.54, 1.807) is 0 Å². The van der Waals surface area contributed by atoms with Crippen molar-refractivity contribution in [3.63, 3.8) is 0 Å². The molecule has 0 spiro atoms. The Morgan fingerprint density at radius 2 is 1.60 bits per heavy atom. The standard InChI is InChI=1S/C14H25.Mg.2H/c1-4-6-7-8-9-10-11-13-14(3)12-5-2;;;/h12,14H,1-2,4,6-11,13H2,3H3;;;. The number of hydrogen-bond donors (Lipinski definition) is 0. The number of hydrogen-bond acceptors (Lipinski definition) is 0. The molecule has 0 bridgehead atoms. The summed E-state index contributed by atoms with van der Waals surface area (Å²) in [6.45, 7) is 9.68. The van der Waals surface area contributed by atoms with E-state index in [1.807, 2.05) is 0 Å². The molecule has 0 rings (SSSR count). The van der Waals surface area contributed by atoms with E-state index in [2.05, 4.69) is 32.2 Å². The molecule has 0 amide bonds. The summed E-state index contributed by atoms with van der Waals surface area (Å²) >= 11 is 0. The molecular formula is C14H27Mg. The maximum absolute atomic E-state index is 3.85. The summed E-state index contributed by atoms with van der Waals surface area (Å²) in [6.07, 6.45) is 12.6. The highest BCUT2D eigenvalue weighted by Crippen LogP contribution is 2.12. The third kappa shape index (κ3) is 14.3. The maximum Gasteiger partial charge on any atom is 0.316 e. The maximum atomic E-state index is 3.85. The second-order valence-corrected chi connectivity index (χ2v) is 4.11. The fraction of sp³-hybridized carbons (Fsp3) is 0.714. The van der Waals surface area contributed by atoms with Crippen LogP contribution in [0.4, 0.5) is 0 Å². The van der Waals surface area contributed by atoms with Gasteiger partial charge in [0.1, 0.15) is 0 Å². The number of allylic oxidation sites excluding steroid dienone is 1. The Kier molecular flexibility index (Phi) is 16.8. The Bertz CT molecular complexity index is 157. The van der Waals surface area contributed by atoms with Gasteiger partial charge in [-0.2, -0.15) is 0 Å². The second kappa shape index (κ2) is 14.3. The molecule has 0 saturated carbocycles. The highest BCUT2D eigenvalue weighted by Gasteiger charge is 1.96. The van der Waals surface area contributed by atoms with Crippen LogP contribution in [0.15, 0.2) is 18.4 Å². The van der Waals surface area contributed by atoms with Crippen molar-refractivity contribution in [2.45, 2.75) is 58.3 Å². The zero-order valence-corrected chi connectivity index (χ0v) is 9.73. The van der Waals surface area contributed by atoms with Gasteiger partial charge < -0.3 is 0 Å². The van der Waals surface area contributed by atoms with E-state index in [4.69, 9.17) is 0 Å². The smallest absolute Gasteiger partial charge is 0.133 e. The highest BCUT2D eigenvalue weighted by molar-refractivity contribution is 5.75. The van der Waals surface area contributed by atoms with Crippen molar-refractivity contribution in [3.8, 4) is 0 Å². The van der Waals surface area contributed by atoms with E-state index in [1.165, 1.54) is 44.9 Å². The SMILES string of the molecule is [CH2]CCCCCCCCC(C)C=C=C.[MgH2]. The molecule has 0 heterocycles. The summed E-state index contributed by atoms with van der Waals surface area (Å²) < 4.78 is 0. The molecule has 1 unspecified atom stereocenters. The van der Waals surface area contributed by atoms with Crippen LogP contribution in [-0.2, 0) is 0 Å². The second-order valence-electron chi connectivity index (χ2n) is 4.11. The minimum atomic E-state index is 0. The molecule has 0 aliphatic carbocycles. The third-order valence-electron chi connectivity index (χ3n) is 2.56. The number of rotatable bonds is 9. The molecule has 0 aromatic rings. The zero-order valence-electron chi connectivity index (χ0n) is 9.73. The van der Waals surface area contributed by atoms with Gasteiger partial charge in [-0.1, -0.05) is 65.4 Å². The van der Waals surface area contributed by atoms with Gasteiger partial charge in [0.25, 0.3) is 0 Å². The molecule has 0 aliphatic heterocycles. The van der Waals surface area contributed by atoms with Gasteiger partial charge in [0.2, 0.25) is 0 Å². The van der Waals surface area contributed by atoms with Crippen molar-refractivity contribution in [1.29, 1.82) is 0 Å². The van der Waals surface area contributed by atoms with E-state index in [-0.39, 0.29) is 23.1 Å². The fourth-order valence-electron chi connectivity index (χ4n) is 1.63. The molecule has 15 heavy (non-hydrogen) atoms. The van der Waals surface area contributed by atoms with Gasteiger partial charge in [0, 0.05) is 0 Å². The first kappa shape index (κ1) is 17.7. The average Bonchev–Trinajstić information content (AvgIpc) is 2.17. The van der Waals surface area contributed by atoms with Gasteiger partial charge in [0.05, 0.1) is 0 Å². The molecule has 0 aromatic carbocycles. The monoisotopic (exact) mass is 219 g/mol. The minimum Gasteiger partial charge on any atom is -0.133 e. The van der Waals surface area contributed by atoms with Crippen LogP contribution in [0.2, 0.25) is 0 Å². The topological polar surface area (TPSA) is 0 Å². The van der Waals surface area contributed by atoms with Crippen molar-refractivity contribution in [1.82, 2.24) is 0 Å². The normalized spacial score (nSPS) is 11.3. The summed E-state index contributed by atoms with van der Waals surface area (Å²) in [5.41, 5.74) is 2.85. The van der Waals surface area contributed by atoms with Crippen molar-refractivity contribution < 1.29 is 0 Å². The van der Waals surface area contributed by atoms with Gasteiger partial charge in [-0.05, 0) is 18.4 Å². The Balaban J connectivity index is 0. The summed E-state index contributed by atoms with van der Waals surface area (Å²) in [7, 11) is 0. The van der Waals surface area contributed by atoms with Crippen LogP contribution in [0.5, 0.6) is 0 Å². The summed E-state index contributed by atoms with van der Waals surface area (Å²) in [5.74, 6) is 0.660. The van der Waals surface area contributed by atoms with E-state index < -0.39 is 0 Å². The van der Waals surface area contributed by atoms with E-state index in [9.17, 15) is 0 Å². The van der Waals surface area contributed by atoms with E-state index in [0.29, 0.717) is 5.92 Å². The minimum absolute atomic E-state index is 0. The van der Waals surface area contributed by atoms with Crippen LogP contribution >= 0.6 is 0 Å². The molecule has 0 aromatic heterocycles. The first-order chi connectivity index (χ1) is 6.81. The zero-order chi connectivity index (χ0) is 10.6. The first-order valence-corrected chi connectivity index (χ1v) is 5.96. The molecule has 0 saturated heterocycles. The van der Waals surface area contributed by atoms with Crippen LogP contribution in [0.1, 0.15) is 58.3 Å².